The molecule has 0 heterocycles. The maximum atomic E-state index is 11.5. The summed E-state index contributed by atoms with van der Waals surface area (Å²) in [4.78, 5) is 59.0. The van der Waals surface area contributed by atoms with Gasteiger partial charge in [-0.25, -0.2) is 0 Å². The van der Waals surface area contributed by atoms with E-state index in [1.807, 2.05) is 0 Å². The zero-order valence-corrected chi connectivity index (χ0v) is 15.2. The normalized spacial score (nSPS) is 11.0. The number of nitrogens with one attached hydrogen (secondary N) is 1. The highest BCUT2D eigenvalue weighted by molar-refractivity contribution is 5.78. The van der Waals surface area contributed by atoms with Gasteiger partial charge in [-0.15, -0.1) is 0 Å². The van der Waals surface area contributed by atoms with Crippen molar-refractivity contribution in [3.63, 3.8) is 0 Å². The van der Waals surface area contributed by atoms with Crippen molar-refractivity contribution in [2.24, 2.45) is 0 Å². The smallest absolute Gasteiger partial charge is 0.317 e. The fraction of sp³-hybridized carbons (Fsp3) is 0.667. The van der Waals surface area contributed by atoms with Gasteiger partial charge < -0.3 is 25.4 Å². The summed E-state index contributed by atoms with van der Waals surface area (Å²) in [5.41, 5.74) is 0. The van der Waals surface area contributed by atoms with Gasteiger partial charge in [-0.05, 0) is 0 Å². The third kappa shape index (κ3) is 13.3. The first-order valence-electron chi connectivity index (χ1n) is 8.14. The molecule has 0 atom stereocenters. The molecule has 0 saturated carbocycles. The number of rotatable bonds is 16. The van der Waals surface area contributed by atoms with Crippen molar-refractivity contribution in [2.75, 3.05) is 66.0 Å². The zero-order valence-electron chi connectivity index (χ0n) is 15.2. The fourth-order valence-electron chi connectivity index (χ4n) is 2.25. The average molecular weight is 390 g/mol. The number of amides is 1. The number of carbonyl (C=O) groups excluding carboxylic acids is 2. The molecule has 12 heteroatoms. The summed E-state index contributed by atoms with van der Waals surface area (Å²) in [6, 6.07) is 0. The molecule has 27 heavy (non-hydrogen) atoms. The van der Waals surface area contributed by atoms with Crippen LogP contribution in [0.5, 0.6) is 0 Å². The lowest BCUT2D eigenvalue weighted by Crippen LogP contribution is -2.46. The van der Waals surface area contributed by atoms with Crippen LogP contribution in [0.15, 0.2) is 0 Å². The summed E-state index contributed by atoms with van der Waals surface area (Å²) in [7, 11) is 1.42. The number of likely N-dealkylation sites (N-methyl/N-ethyl adjacent to an activating group) is 1. The zero-order chi connectivity index (χ0) is 20.8. The van der Waals surface area contributed by atoms with Crippen LogP contribution in [0.2, 0.25) is 0 Å². The van der Waals surface area contributed by atoms with Gasteiger partial charge in [-0.1, -0.05) is 0 Å². The van der Waals surface area contributed by atoms with Crippen LogP contribution in [-0.4, -0.2) is 126 Å². The molecule has 4 N–H and O–H groups in total. The van der Waals surface area contributed by atoms with Crippen molar-refractivity contribution in [1.82, 2.24) is 20.0 Å². The first-order chi connectivity index (χ1) is 12.7. The number of carboxylic acids is 3. The van der Waals surface area contributed by atoms with Crippen LogP contribution in [-0.2, 0) is 24.0 Å². The van der Waals surface area contributed by atoms with Crippen LogP contribution >= 0.6 is 0 Å². The lowest BCUT2D eigenvalue weighted by Gasteiger charge is -2.27. The van der Waals surface area contributed by atoms with Gasteiger partial charge in [0.2, 0.25) is 5.91 Å². The molecule has 0 bridgehead atoms. The monoisotopic (exact) mass is 390 g/mol. The van der Waals surface area contributed by atoms with E-state index in [0.29, 0.717) is 6.29 Å². The SMILES string of the molecule is CNC(=O)CN(CCN(CCN(CC=O)CC(=O)O)CC(=O)O)CC(=O)O. The van der Waals surface area contributed by atoms with E-state index in [0.717, 1.165) is 0 Å². The van der Waals surface area contributed by atoms with Gasteiger partial charge in [-0.3, -0.25) is 33.9 Å². The highest BCUT2D eigenvalue weighted by Crippen LogP contribution is 1.96. The molecule has 0 aromatic rings. The van der Waals surface area contributed by atoms with Gasteiger partial charge in [0.1, 0.15) is 6.29 Å². The number of hydrogen-bond acceptors (Lipinski definition) is 8. The van der Waals surface area contributed by atoms with E-state index in [9.17, 15) is 24.0 Å². The average Bonchev–Trinajstić information content (AvgIpc) is 2.55. The Bertz CT molecular complexity index is 528. The van der Waals surface area contributed by atoms with E-state index in [4.69, 9.17) is 15.3 Å². The summed E-state index contributed by atoms with van der Waals surface area (Å²) in [6.45, 7) is -0.761. The van der Waals surface area contributed by atoms with E-state index in [-0.39, 0.29) is 64.8 Å². The molecule has 0 spiro atoms. The molecule has 0 aromatic carbocycles. The van der Waals surface area contributed by atoms with Gasteiger partial charge in [0.05, 0.1) is 32.7 Å². The largest absolute Gasteiger partial charge is 0.480 e. The van der Waals surface area contributed by atoms with Crippen LogP contribution in [0, 0.1) is 0 Å². The van der Waals surface area contributed by atoms with E-state index in [2.05, 4.69) is 5.32 Å². The molecule has 0 aliphatic rings. The molecule has 0 saturated heterocycles. The predicted molar refractivity (Wildman–Crippen MR) is 92.4 cm³/mol. The number of aldehydes is 1. The highest BCUT2D eigenvalue weighted by Gasteiger charge is 2.18. The van der Waals surface area contributed by atoms with Crippen molar-refractivity contribution in [1.29, 1.82) is 0 Å². The Morgan fingerprint density at radius 3 is 1.59 bits per heavy atom. The van der Waals surface area contributed by atoms with Crippen LogP contribution in [0.4, 0.5) is 0 Å². The van der Waals surface area contributed by atoms with Crippen LogP contribution in [0.3, 0.4) is 0 Å². The van der Waals surface area contributed by atoms with Crippen LogP contribution in [0.25, 0.3) is 0 Å². The summed E-state index contributed by atoms with van der Waals surface area (Å²) in [5.74, 6) is -3.71. The summed E-state index contributed by atoms with van der Waals surface area (Å²) in [5, 5.41) is 29.1. The third-order valence-electron chi connectivity index (χ3n) is 3.52. The van der Waals surface area contributed by atoms with E-state index in [1.54, 1.807) is 0 Å². The molecule has 154 valence electrons. The van der Waals surface area contributed by atoms with E-state index >= 15 is 0 Å². The Hall–Kier alpha value is -2.57. The topological polar surface area (TPSA) is 168 Å². The molecule has 0 fully saturated rings. The van der Waals surface area contributed by atoms with Crippen LogP contribution < -0.4 is 5.32 Å². The molecule has 0 radical (unpaired) electrons. The van der Waals surface area contributed by atoms with Crippen molar-refractivity contribution >= 4 is 30.1 Å². The maximum Gasteiger partial charge on any atom is 0.317 e. The lowest BCUT2D eigenvalue weighted by atomic mass is 10.3. The number of aliphatic carboxylic acids is 3. The molecule has 1 amide bonds. The quantitative estimate of drug-likeness (QED) is 0.199. The number of nitrogens with zero attached hydrogens (tertiary/aromatic N) is 3. The molecular formula is C15H26N4O8. The maximum absolute atomic E-state index is 11.5. The molecule has 0 aromatic heterocycles. The molecular weight excluding hydrogens is 364 g/mol. The minimum absolute atomic E-state index is 0.102. The molecule has 12 nitrogen and oxygen atoms in total. The van der Waals surface area contributed by atoms with Crippen molar-refractivity contribution in [3.05, 3.63) is 0 Å². The highest BCUT2D eigenvalue weighted by atomic mass is 16.4. The Kier molecular flexibility index (Phi) is 12.3. The van der Waals surface area contributed by atoms with Crippen molar-refractivity contribution in [3.8, 4) is 0 Å². The standard InChI is InChI=1S/C15H26N4O8/c1-16-12(21)8-19(11-15(26)27)5-4-17(9-13(22)23)2-3-18(6-7-20)10-14(24)25/h7H,2-6,8-11H2,1H3,(H,16,21)(H,22,23)(H,24,25)(H,26,27). The number of carbonyl (C=O) groups is 5. The molecule has 0 aliphatic heterocycles. The minimum atomic E-state index is -1.12. The Morgan fingerprint density at radius 2 is 1.15 bits per heavy atom. The first kappa shape index (κ1) is 24.4. The second-order valence-corrected chi connectivity index (χ2v) is 5.74. The number of hydrogen-bond donors (Lipinski definition) is 4. The van der Waals surface area contributed by atoms with E-state index in [1.165, 1.54) is 21.7 Å². The molecule has 0 aliphatic carbocycles. The van der Waals surface area contributed by atoms with Gasteiger partial charge in [-0.2, -0.15) is 0 Å². The van der Waals surface area contributed by atoms with Gasteiger partial charge in [0.15, 0.2) is 0 Å². The Balaban J connectivity index is 4.82. The minimum Gasteiger partial charge on any atom is -0.480 e. The fourth-order valence-corrected chi connectivity index (χ4v) is 2.25. The number of carboxylic acid groups (broad SMARTS) is 3. The third-order valence-corrected chi connectivity index (χ3v) is 3.52. The molecule has 0 rings (SSSR count). The molecule has 0 unspecified atom stereocenters. The first-order valence-corrected chi connectivity index (χ1v) is 8.14. The van der Waals surface area contributed by atoms with E-state index < -0.39 is 17.9 Å². The predicted octanol–water partition coefficient (Wildman–Crippen LogP) is -2.91. The second kappa shape index (κ2) is 13.6. The Labute approximate surface area is 156 Å². The van der Waals surface area contributed by atoms with Gasteiger partial charge >= 0.3 is 17.9 Å². The lowest BCUT2D eigenvalue weighted by molar-refractivity contribution is -0.140. The Morgan fingerprint density at radius 1 is 0.741 bits per heavy atom. The summed E-state index contributed by atoms with van der Waals surface area (Å²) >= 11 is 0. The van der Waals surface area contributed by atoms with Crippen molar-refractivity contribution < 1.29 is 39.3 Å². The van der Waals surface area contributed by atoms with Crippen molar-refractivity contribution in [2.45, 2.75) is 0 Å². The van der Waals surface area contributed by atoms with Gasteiger partial charge in [0.25, 0.3) is 0 Å². The second-order valence-electron chi connectivity index (χ2n) is 5.74. The van der Waals surface area contributed by atoms with Gasteiger partial charge in [0, 0.05) is 33.2 Å². The van der Waals surface area contributed by atoms with Crippen LogP contribution in [0.1, 0.15) is 0 Å². The summed E-state index contributed by atoms with van der Waals surface area (Å²) in [6.07, 6.45) is 0.558. The summed E-state index contributed by atoms with van der Waals surface area (Å²) < 4.78 is 0.